The first kappa shape index (κ1) is 10.0. The third-order valence-electron chi connectivity index (χ3n) is 1.88. The lowest BCUT2D eigenvalue weighted by Gasteiger charge is -2.13. The summed E-state index contributed by atoms with van der Waals surface area (Å²) in [5.41, 5.74) is 0.111. The highest BCUT2D eigenvalue weighted by Crippen LogP contribution is 2.33. The standard InChI is InChI=1S/C7H9F3N2O/c1-4-5(3-11-12(4)2)6(13)7(8,9)10/h3,6,13H,1-2H3/t6-/m0/s1. The van der Waals surface area contributed by atoms with Crippen LogP contribution in [0.25, 0.3) is 0 Å². The van der Waals surface area contributed by atoms with Crippen LogP contribution in [0.4, 0.5) is 13.2 Å². The van der Waals surface area contributed by atoms with Crippen molar-refractivity contribution in [3.8, 4) is 0 Å². The van der Waals surface area contributed by atoms with Crippen LogP contribution in [0.2, 0.25) is 0 Å². The highest BCUT2D eigenvalue weighted by Gasteiger charge is 2.40. The van der Waals surface area contributed by atoms with Crippen LogP contribution in [0.1, 0.15) is 17.4 Å². The van der Waals surface area contributed by atoms with E-state index in [1.807, 2.05) is 0 Å². The monoisotopic (exact) mass is 194 g/mol. The van der Waals surface area contributed by atoms with Gasteiger partial charge in [0, 0.05) is 18.3 Å². The van der Waals surface area contributed by atoms with Gasteiger partial charge in [0.05, 0.1) is 6.20 Å². The van der Waals surface area contributed by atoms with Gasteiger partial charge >= 0.3 is 6.18 Å². The fraction of sp³-hybridized carbons (Fsp3) is 0.571. The van der Waals surface area contributed by atoms with E-state index < -0.39 is 12.3 Å². The molecular weight excluding hydrogens is 185 g/mol. The molecule has 6 heteroatoms. The SMILES string of the molecule is Cc1c([C@H](O)C(F)(F)F)cnn1C. The molecule has 0 spiro atoms. The summed E-state index contributed by atoms with van der Waals surface area (Å²) in [5, 5.41) is 12.5. The molecular formula is C7H9F3N2O. The number of alkyl halides is 3. The Morgan fingerprint density at radius 1 is 1.54 bits per heavy atom. The number of nitrogens with zero attached hydrogens (tertiary/aromatic N) is 2. The van der Waals surface area contributed by atoms with Crippen LogP contribution in [0.15, 0.2) is 6.20 Å². The van der Waals surface area contributed by atoms with E-state index in [-0.39, 0.29) is 5.56 Å². The van der Waals surface area contributed by atoms with Crippen molar-refractivity contribution in [3.05, 3.63) is 17.5 Å². The Hall–Kier alpha value is -1.04. The smallest absolute Gasteiger partial charge is 0.379 e. The number of hydrogen-bond acceptors (Lipinski definition) is 2. The molecule has 0 fully saturated rings. The molecule has 1 aromatic heterocycles. The van der Waals surface area contributed by atoms with Crippen LogP contribution in [-0.2, 0) is 7.05 Å². The minimum atomic E-state index is -4.63. The Balaban J connectivity index is 3.02. The lowest BCUT2D eigenvalue weighted by Crippen LogP contribution is -2.20. The first-order valence-corrected chi connectivity index (χ1v) is 3.57. The third kappa shape index (κ3) is 1.82. The topological polar surface area (TPSA) is 38.1 Å². The van der Waals surface area contributed by atoms with Gasteiger partial charge in [-0.25, -0.2) is 0 Å². The largest absolute Gasteiger partial charge is 0.418 e. The van der Waals surface area contributed by atoms with Gasteiger partial charge in [-0.15, -0.1) is 0 Å². The molecule has 1 atom stereocenters. The van der Waals surface area contributed by atoms with E-state index in [1.54, 1.807) is 0 Å². The molecule has 74 valence electrons. The van der Waals surface area contributed by atoms with E-state index in [0.717, 1.165) is 6.20 Å². The zero-order chi connectivity index (χ0) is 10.2. The van der Waals surface area contributed by atoms with E-state index in [0.29, 0.717) is 5.69 Å². The number of aromatic nitrogens is 2. The molecule has 1 aromatic rings. The van der Waals surface area contributed by atoms with Gasteiger partial charge in [0.15, 0.2) is 6.10 Å². The van der Waals surface area contributed by atoms with Crippen LogP contribution in [0, 0.1) is 6.92 Å². The molecule has 0 aliphatic rings. The van der Waals surface area contributed by atoms with Crippen molar-refractivity contribution in [2.75, 3.05) is 0 Å². The van der Waals surface area contributed by atoms with Crippen molar-refractivity contribution < 1.29 is 18.3 Å². The predicted molar refractivity (Wildman–Crippen MR) is 39.0 cm³/mol. The van der Waals surface area contributed by atoms with Crippen molar-refractivity contribution in [2.45, 2.75) is 19.2 Å². The summed E-state index contributed by atoms with van der Waals surface area (Å²) in [6.07, 6.45) is -6.05. The van der Waals surface area contributed by atoms with Crippen LogP contribution < -0.4 is 0 Å². The fourth-order valence-electron chi connectivity index (χ4n) is 0.960. The van der Waals surface area contributed by atoms with E-state index in [9.17, 15) is 13.2 Å². The van der Waals surface area contributed by atoms with Gasteiger partial charge in [-0.1, -0.05) is 0 Å². The van der Waals surface area contributed by atoms with Crippen LogP contribution in [-0.4, -0.2) is 21.1 Å². The van der Waals surface area contributed by atoms with Gasteiger partial charge in [0.25, 0.3) is 0 Å². The van der Waals surface area contributed by atoms with Gasteiger partial charge < -0.3 is 5.11 Å². The molecule has 1 N–H and O–H groups in total. The van der Waals surface area contributed by atoms with E-state index >= 15 is 0 Å². The van der Waals surface area contributed by atoms with Crippen LogP contribution in [0.5, 0.6) is 0 Å². The fourth-order valence-corrected chi connectivity index (χ4v) is 0.960. The van der Waals surface area contributed by atoms with Crippen molar-refractivity contribution >= 4 is 0 Å². The summed E-state index contributed by atoms with van der Waals surface area (Å²) < 4.78 is 37.4. The summed E-state index contributed by atoms with van der Waals surface area (Å²) in [4.78, 5) is 0. The normalized spacial score (nSPS) is 14.6. The molecule has 13 heavy (non-hydrogen) atoms. The van der Waals surface area contributed by atoms with E-state index in [4.69, 9.17) is 5.11 Å². The average molecular weight is 194 g/mol. The molecule has 0 radical (unpaired) electrons. The number of aliphatic hydroxyl groups is 1. The summed E-state index contributed by atoms with van der Waals surface area (Å²) in [6, 6.07) is 0. The predicted octanol–water partition coefficient (Wildman–Crippen LogP) is 1.32. The summed E-state index contributed by atoms with van der Waals surface area (Å²) in [7, 11) is 1.52. The first-order chi connectivity index (χ1) is 5.84. The van der Waals surface area contributed by atoms with Gasteiger partial charge in [-0.05, 0) is 6.92 Å². The Labute approximate surface area is 72.8 Å². The van der Waals surface area contributed by atoms with Crippen molar-refractivity contribution in [1.82, 2.24) is 9.78 Å². The lowest BCUT2D eigenvalue weighted by atomic mass is 10.1. The number of hydrogen-bond donors (Lipinski definition) is 1. The maximum atomic E-state index is 12.0. The van der Waals surface area contributed by atoms with Gasteiger partial charge in [0.2, 0.25) is 0 Å². The van der Waals surface area contributed by atoms with Crippen molar-refractivity contribution in [3.63, 3.8) is 0 Å². The molecule has 3 nitrogen and oxygen atoms in total. The number of aryl methyl sites for hydroxylation is 1. The van der Waals surface area contributed by atoms with Crippen LogP contribution >= 0.6 is 0 Å². The molecule has 0 saturated carbocycles. The maximum Gasteiger partial charge on any atom is 0.418 e. The molecule has 1 rings (SSSR count). The Kier molecular flexibility index (Phi) is 2.34. The van der Waals surface area contributed by atoms with E-state index in [2.05, 4.69) is 5.10 Å². The summed E-state index contributed by atoms with van der Waals surface area (Å²) in [6.45, 7) is 1.47. The van der Waals surface area contributed by atoms with Gasteiger partial charge in [-0.3, -0.25) is 4.68 Å². The zero-order valence-electron chi connectivity index (χ0n) is 7.13. The Bertz CT molecular complexity index is 305. The number of halogens is 3. The zero-order valence-corrected chi connectivity index (χ0v) is 7.13. The molecule has 1 heterocycles. The molecule has 0 saturated heterocycles. The minimum absolute atomic E-state index is 0.199. The molecule has 0 amide bonds. The highest BCUT2D eigenvalue weighted by atomic mass is 19.4. The highest BCUT2D eigenvalue weighted by molar-refractivity contribution is 5.19. The summed E-state index contributed by atoms with van der Waals surface area (Å²) >= 11 is 0. The molecule has 0 aliphatic carbocycles. The molecule has 0 aromatic carbocycles. The third-order valence-corrected chi connectivity index (χ3v) is 1.88. The average Bonchev–Trinajstić information content (AvgIpc) is 2.30. The maximum absolute atomic E-state index is 12.0. The number of rotatable bonds is 1. The van der Waals surface area contributed by atoms with Gasteiger partial charge in [0.1, 0.15) is 0 Å². The molecule has 0 bridgehead atoms. The Morgan fingerprint density at radius 2 is 2.08 bits per heavy atom. The van der Waals surface area contributed by atoms with Crippen LogP contribution in [0.3, 0.4) is 0 Å². The van der Waals surface area contributed by atoms with Gasteiger partial charge in [-0.2, -0.15) is 18.3 Å². The lowest BCUT2D eigenvalue weighted by molar-refractivity contribution is -0.207. The van der Waals surface area contributed by atoms with Crippen molar-refractivity contribution in [1.29, 1.82) is 0 Å². The molecule has 0 aliphatic heterocycles. The number of aliphatic hydroxyl groups excluding tert-OH is 1. The summed E-state index contributed by atoms with van der Waals surface area (Å²) in [5.74, 6) is 0. The minimum Gasteiger partial charge on any atom is -0.379 e. The first-order valence-electron chi connectivity index (χ1n) is 3.57. The molecule has 0 unspecified atom stereocenters. The second-order valence-corrected chi connectivity index (χ2v) is 2.75. The quantitative estimate of drug-likeness (QED) is 0.732. The second kappa shape index (κ2) is 3.02. The van der Waals surface area contributed by atoms with Crippen molar-refractivity contribution in [2.24, 2.45) is 7.05 Å². The Morgan fingerprint density at radius 3 is 2.38 bits per heavy atom. The van der Waals surface area contributed by atoms with E-state index in [1.165, 1.54) is 18.7 Å². The second-order valence-electron chi connectivity index (χ2n) is 2.75.